The molecule has 2 aromatic heterocycles. The smallest absolute Gasteiger partial charge is 0.263 e. The standard InChI is InChI=1S/C25H24BrFN4O2/c1-3-30-14-19(25-28-24(29-33-25)16-4-6-17(26)7-5-16)23(32)18-12-20(27)22(13-21(18)30)31-10-8-15(2)9-11-31/h4-7,12-15H,3,8-11H2,1-2H3. The van der Waals surface area contributed by atoms with Crippen molar-refractivity contribution in [3.63, 3.8) is 0 Å². The van der Waals surface area contributed by atoms with Gasteiger partial charge in [-0.05, 0) is 62.1 Å². The molecule has 1 aliphatic heterocycles. The van der Waals surface area contributed by atoms with E-state index in [0.717, 1.165) is 36.0 Å². The van der Waals surface area contributed by atoms with Crippen molar-refractivity contribution in [3.05, 3.63) is 63.1 Å². The Morgan fingerprint density at radius 3 is 2.61 bits per heavy atom. The van der Waals surface area contributed by atoms with Gasteiger partial charge < -0.3 is 14.0 Å². The lowest BCUT2D eigenvalue weighted by Crippen LogP contribution is -2.33. The Morgan fingerprint density at radius 2 is 1.91 bits per heavy atom. The molecule has 4 aromatic rings. The van der Waals surface area contributed by atoms with E-state index in [2.05, 4.69) is 37.9 Å². The van der Waals surface area contributed by atoms with Gasteiger partial charge in [0, 0.05) is 41.3 Å². The lowest BCUT2D eigenvalue weighted by Gasteiger charge is -2.32. The van der Waals surface area contributed by atoms with Crippen LogP contribution >= 0.6 is 15.9 Å². The molecular weight excluding hydrogens is 487 g/mol. The molecule has 0 radical (unpaired) electrons. The Kier molecular flexibility index (Phi) is 5.78. The van der Waals surface area contributed by atoms with E-state index in [1.54, 1.807) is 12.3 Å². The summed E-state index contributed by atoms with van der Waals surface area (Å²) in [6, 6.07) is 10.6. The van der Waals surface area contributed by atoms with Crippen LogP contribution in [0.15, 0.2) is 56.4 Å². The first-order valence-electron chi connectivity index (χ1n) is 11.2. The molecule has 1 aliphatic rings. The Labute approximate surface area is 199 Å². The molecule has 2 aromatic carbocycles. The molecule has 170 valence electrons. The number of hydrogen-bond donors (Lipinski definition) is 0. The molecule has 5 rings (SSSR count). The number of pyridine rings is 1. The van der Waals surface area contributed by atoms with Gasteiger partial charge in [-0.3, -0.25) is 4.79 Å². The van der Waals surface area contributed by atoms with Crippen molar-refractivity contribution in [1.29, 1.82) is 0 Å². The van der Waals surface area contributed by atoms with Crippen molar-refractivity contribution >= 4 is 32.5 Å². The van der Waals surface area contributed by atoms with Gasteiger partial charge in [0.1, 0.15) is 11.4 Å². The highest BCUT2D eigenvalue weighted by Gasteiger charge is 2.22. The zero-order valence-corrected chi connectivity index (χ0v) is 20.1. The Morgan fingerprint density at radius 1 is 1.18 bits per heavy atom. The normalized spacial score (nSPS) is 14.8. The highest BCUT2D eigenvalue weighted by molar-refractivity contribution is 9.10. The molecule has 0 saturated carbocycles. The minimum absolute atomic E-state index is 0.122. The maximum atomic E-state index is 15.2. The third kappa shape index (κ3) is 4.08. The fourth-order valence-corrected chi connectivity index (χ4v) is 4.62. The van der Waals surface area contributed by atoms with Crippen LogP contribution in [-0.2, 0) is 6.54 Å². The van der Waals surface area contributed by atoms with Crippen LogP contribution in [0, 0.1) is 11.7 Å². The first-order chi connectivity index (χ1) is 15.9. The maximum absolute atomic E-state index is 15.2. The molecule has 0 aliphatic carbocycles. The number of fused-ring (bicyclic) bond motifs is 1. The fraction of sp³-hybridized carbons (Fsp3) is 0.320. The lowest BCUT2D eigenvalue weighted by atomic mass is 9.98. The summed E-state index contributed by atoms with van der Waals surface area (Å²) < 4.78 is 23.5. The molecule has 33 heavy (non-hydrogen) atoms. The molecule has 0 amide bonds. The number of aromatic nitrogens is 3. The van der Waals surface area contributed by atoms with E-state index in [-0.39, 0.29) is 22.7 Å². The van der Waals surface area contributed by atoms with Crippen LogP contribution in [0.1, 0.15) is 26.7 Å². The largest absolute Gasteiger partial charge is 0.369 e. The van der Waals surface area contributed by atoms with Crippen LogP contribution in [0.3, 0.4) is 0 Å². The number of nitrogens with zero attached hydrogens (tertiary/aromatic N) is 4. The first-order valence-corrected chi connectivity index (χ1v) is 12.0. The summed E-state index contributed by atoms with van der Waals surface area (Å²) in [7, 11) is 0. The molecule has 3 heterocycles. The number of halogens is 2. The van der Waals surface area contributed by atoms with E-state index in [1.165, 1.54) is 6.07 Å². The summed E-state index contributed by atoms with van der Waals surface area (Å²) in [6.07, 6.45) is 3.80. The van der Waals surface area contributed by atoms with Crippen molar-refractivity contribution < 1.29 is 8.91 Å². The third-order valence-electron chi connectivity index (χ3n) is 6.37. The number of anilines is 1. The molecular formula is C25H24BrFN4O2. The van der Waals surface area contributed by atoms with Crippen LogP contribution in [0.4, 0.5) is 10.1 Å². The summed E-state index contributed by atoms with van der Waals surface area (Å²) in [5, 5.41) is 4.35. The van der Waals surface area contributed by atoms with Gasteiger partial charge in [0.2, 0.25) is 11.3 Å². The predicted octanol–water partition coefficient (Wildman–Crippen LogP) is 5.88. The second-order valence-electron chi connectivity index (χ2n) is 8.58. The monoisotopic (exact) mass is 510 g/mol. The number of benzene rings is 2. The zero-order valence-electron chi connectivity index (χ0n) is 18.5. The topological polar surface area (TPSA) is 64.2 Å². The SMILES string of the molecule is CCn1cc(-c2nc(-c3ccc(Br)cc3)no2)c(=O)c2cc(F)c(N3CCC(C)CC3)cc21. The molecule has 0 atom stereocenters. The lowest BCUT2D eigenvalue weighted by molar-refractivity contribution is 0.431. The molecule has 0 bridgehead atoms. The molecule has 0 spiro atoms. The van der Waals surface area contributed by atoms with Crippen molar-refractivity contribution in [2.45, 2.75) is 33.2 Å². The van der Waals surface area contributed by atoms with E-state index in [4.69, 9.17) is 4.52 Å². The van der Waals surface area contributed by atoms with Gasteiger partial charge in [-0.25, -0.2) is 4.39 Å². The highest BCUT2D eigenvalue weighted by atomic mass is 79.9. The van der Waals surface area contributed by atoms with E-state index in [0.29, 0.717) is 34.9 Å². The highest BCUT2D eigenvalue weighted by Crippen LogP contribution is 2.30. The van der Waals surface area contributed by atoms with E-state index in [1.807, 2.05) is 35.8 Å². The van der Waals surface area contributed by atoms with Crippen LogP contribution in [0.25, 0.3) is 33.7 Å². The molecule has 0 N–H and O–H groups in total. The predicted molar refractivity (Wildman–Crippen MR) is 131 cm³/mol. The summed E-state index contributed by atoms with van der Waals surface area (Å²) >= 11 is 3.41. The fourth-order valence-electron chi connectivity index (χ4n) is 4.35. The van der Waals surface area contributed by atoms with Gasteiger partial charge in [0.15, 0.2) is 0 Å². The molecule has 1 saturated heterocycles. The van der Waals surface area contributed by atoms with Crippen molar-refractivity contribution in [3.8, 4) is 22.8 Å². The molecule has 8 heteroatoms. The summed E-state index contributed by atoms with van der Waals surface area (Å²) in [5.41, 5.74) is 1.97. The Bertz CT molecular complexity index is 1370. The van der Waals surface area contributed by atoms with E-state index >= 15 is 4.39 Å². The quantitative estimate of drug-likeness (QED) is 0.343. The van der Waals surface area contributed by atoms with Gasteiger partial charge >= 0.3 is 0 Å². The zero-order chi connectivity index (χ0) is 23.1. The van der Waals surface area contributed by atoms with Crippen LogP contribution in [0.2, 0.25) is 0 Å². The first kappa shape index (κ1) is 21.8. The van der Waals surface area contributed by atoms with E-state index in [9.17, 15) is 4.79 Å². The number of piperidine rings is 1. The second kappa shape index (κ2) is 8.74. The molecule has 1 fully saturated rings. The Hall–Kier alpha value is -3.00. The number of hydrogen-bond acceptors (Lipinski definition) is 5. The van der Waals surface area contributed by atoms with Crippen molar-refractivity contribution in [2.75, 3.05) is 18.0 Å². The van der Waals surface area contributed by atoms with Gasteiger partial charge in [-0.2, -0.15) is 4.98 Å². The van der Waals surface area contributed by atoms with Gasteiger partial charge in [-0.1, -0.05) is 28.0 Å². The second-order valence-corrected chi connectivity index (χ2v) is 9.49. The van der Waals surface area contributed by atoms with Crippen LogP contribution in [0.5, 0.6) is 0 Å². The van der Waals surface area contributed by atoms with Crippen molar-refractivity contribution in [2.24, 2.45) is 5.92 Å². The van der Waals surface area contributed by atoms with E-state index < -0.39 is 0 Å². The minimum Gasteiger partial charge on any atom is -0.369 e. The van der Waals surface area contributed by atoms with Crippen LogP contribution < -0.4 is 10.3 Å². The summed E-state index contributed by atoms with van der Waals surface area (Å²) in [4.78, 5) is 19.9. The third-order valence-corrected chi connectivity index (χ3v) is 6.90. The van der Waals surface area contributed by atoms with Gasteiger partial charge in [0.05, 0.1) is 11.2 Å². The number of aryl methyl sites for hydroxylation is 1. The maximum Gasteiger partial charge on any atom is 0.263 e. The van der Waals surface area contributed by atoms with Gasteiger partial charge in [0.25, 0.3) is 5.89 Å². The minimum atomic E-state index is -0.380. The van der Waals surface area contributed by atoms with Crippen LogP contribution in [-0.4, -0.2) is 27.8 Å². The average molecular weight is 511 g/mol. The van der Waals surface area contributed by atoms with Crippen molar-refractivity contribution in [1.82, 2.24) is 14.7 Å². The summed E-state index contributed by atoms with van der Waals surface area (Å²) in [6.45, 7) is 6.46. The average Bonchev–Trinajstić information content (AvgIpc) is 3.30. The Balaban J connectivity index is 1.59. The number of rotatable bonds is 4. The molecule has 0 unspecified atom stereocenters. The van der Waals surface area contributed by atoms with Gasteiger partial charge in [-0.15, -0.1) is 0 Å². The summed E-state index contributed by atoms with van der Waals surface area (Å²) in [5.74, 6) is 0.783. The molecule has 6 nitrogen and oxygen atoms in total.